The van der Waals surface area contributed by atoms with Crippen LogP contribution in [0.3, 0.4) is 0 Å². The van der Waals surface area contributed by atoms with Gasteiger partial charge in [0, 0.05) is 16.3 Å². The van der Waals surface area contributed by atoms with Gasteiger partial charge in [-0.05, 0) is 37.1 Å². The normalized spacial score (nSPS) is 11.2. The van der Waals surface area contributed by atoms with Gasteiger partial charge in [0.1, 0.15) is 5.15 Å². The summed E-state index contributed by atoms with van der Waals surface area (Å²) in [5.41, 5.74) is 3.00. The summed E-state index contributed by atoms with van der Waals surface area (Å²) in [4.78, 5) is 28.9. The Labute approximate surface area is 165 Å². The standard InChI is InChI=1S/C21H16ClN3O3/c1-11-7-8-13-9-14(19(22)23-17(13)12(11)2)10-25-20(26)16-6-4-3-5-15(16)18(24-25)21(27)28/h3-9H,10H2,1-2H3,(H,27,28). The second-order valence-corrected chi connectivity index (χ2v) is 7.04. The Bertz CT molecular complexity index is 1330. The summed E-state index contributed by atoms with van der Waals surface area (Å²) in [5, 5.41) is 15.3. The number of benzene rings is 2. The average Bonchev–Trinajstić information content (AvgIpc) is 2.68. The molecule has 0 bridgehead atoms. The van der Waals surface area contributed by atoms with E-state index in [9.17, 15) is 14.7 Å². The largest absolute Gasteiger partial charge is 0.476 e. The maximum absolute atomic E-state index is 12.8. The highest BCUT2D eigenvalue weighted by molar-refractivity contribution is 6.30. The van der Waals surface area contributed by atoms with E-state index in [0.717, 1.165) is 26.7 Å². The first-order chi connectivity index (χ1) is 13.4. The van der Waals surface area contributed by atoms with E-state index in [1.54, 1.807) is 24.3 Å². The summed E-state index contributed by atoms with van der Waals surface area (Å²) in [6.07, 6.45) is 0. The maximum atomic E-state index is 12.8. The third-order valence-corrected chi connectivity index (χ3v) is 5.26. The van der Waals surface area contributed by atoms with E-state index in [2.05, 4.69) is 10.1 Å². The number of fused-ring (bicyclic) bond motifs is 2. The van der Waals surface area contributed by atoms with Gasteiger partial charge in [-0.1, -0.05) is 41.9 Å². The van der Waals surface area contributed by atoms with Crippen molar-refractivity contribution in [1.82, 2.24) is 14.8 Å². The Balaban J connectivity index is 1.90. The van der Waals surface area contributed by atoms with Gasteiger partial charge in [-0.25, -0.2) is 14.5 Å². The van der Waals surface area contributed by atoms with E-state index in [1.807, 2.05) is 32.0 Å². The van der Waals surface area contributed by atoms with Crippen LogP contribution in [0.2, 0.25) is 5.15 Å². The van der Waals surface area contributed by atoms with E-state index in [-0.39, 0.29) is 23.0 Å². The van der Waals surface area contributed by atoms with Crippen LogP contribution in [-0.4, -0.2) is 25.8 Å². The van der Waals surface area contributed by atoms with Crippen LogP contribution in [-0.2, 0) is 6.54 Å². The highest BCUT2D eigenvalue weighted by atomic mass is 35.5. The molecule has 4 rings (SSSR count). The molecule has 0 radical (unpaired) electrons. The molecule has 0 aliphatic heterocycles. The van der Waals surface area contributed by atoms with Crippen molar-refractivity contribution in [2.45, 2.75) is 20.4 Å². The van der Waals surface area contributed by atoms with Gasteiger partial charge < -0.3 is 5.11 Å². The number of hydrogen-bond acceptors (Lipinski definition) is 4. The van der Waals surface area contributed by atoms with Crippen LogP contribution in [0.15, 0.2) is 47.3 Å². The van der Waals surface area contributed by atoms with Gasteiger partial charge in [-0.15, -0.1) is 0 Å². The summed E-state index contributed by atoms with van der Waals surface area (Å²) in [6.45, 7) is 4.01. The summed E-state index contributed by atoms with van der Waals surface area (Å²) in [5.74, 6) is -1.20. The lowest BCUT2D eigenvalue weighted by Gasteiger charge is -2.12. The maximum Gasteiger partial charge on any atom is 0.357 e. The van der Waals surface area contributed by atoms with Gasteiger partial charge in [0.05, 0.1) is 17.4 Å². The summed E-state index contributed by atoms with van der Waals surface area (Å²) >= 11 is 6.38. The van der Waals surface area contributed by atoms with Crippen molar-refractivity contribution in [2.24, 2.45) is 0 Å². The molecule has 28 heavy (non-hydrogen) atoms. The molecule has 140 valence electrons. The fraction of sp³-hybridized carbons (Fsp3) is 0.143. The zero-order valence-electron chi connectivity index (χ0n) is 15.2. The van der Waals surface area contributed by atoms with E-state index in [0.29, 0.717) is 16.3 Å². The van der Waals surface area contributed by atoms with Crippen LogP contribution in [0.1, 0.15) is 27.2 Å². The Hall–Kier alpha value is -3.25. The molecule has 0 unspecified atom stereocenters. The smallest absolute Gasteiger partial charge is 0.357 e. The number of nitrogens with zero attached hydrogens (tertiary/aromatic N) is 3. The molecule has 0 aliphatic rings. The molecule has 0 saturated carbocycles. The Kier molecular flexibility index (Phi) is 4.35. The lowest BCUT2D eigenvalue weighted by Crippen LogP contribution is -2.26. The van der Waals surface area contributed by atoms with Gasteiger partial charge in [-0.2, -0.15) is 5.10 Å². The highest BCUT2D eigenvalue weighted by Gasteiger charge is 2.17. The van der Waals surface area contributed by atoms with E-state index >= 15 is 0 Å². The number of pyridine rings is 1. The summed E-state index contributed by atoms with van der Waals surface area (Å²) in [6, 6.07) is 12.3. The van der Waals surface area contributed by atoms with Crippen LogP contribution in [0, 0.1) is 13.8 Å². The quantitative estimate of drug-likeness (QED) is 0.532. The zero-order chi connectivity index (χ0) is 20.0. The number of hydrogen-bond donors (Lipinski definition) is 1. The van der Waals surface area contributed by atoms with E-state index < -0.39 is 5.97 Å². The minimum absolute atomic E-state index is 0.0264. The van der Waals surface area contributed by atoms with Crippen molar-refractivity contribution in [3.8, 4) is 0 Å². The Morgan fingerprint density at radius 2 is 1.86 bits per heavy atom. The average molecular weight is 394 g/mol. The third-order valence-electron chi connectivity index (χ3n) is 4.93. The van der Waals surface area contributed by atoms with Crippen molar-refractivity contribution < 1.29 is 9.90 Å². The molecule has 4 aromatic rings. The number of halogens is 1. The van der Waals surface area contributed by atoms with Crippen LogP contribution >= 0.6 is 11.6 Å². The molecule has 2 heterocycles. The number of carboxylic acid groups (broad SMARTS) is 1. The number of aromatic nitrogens is 3. The molecule has 0 atom stereocenters. The molecule has 0 saturated heterocycles. The highest BCUT2D eigenvalue weighted by Crippen LogP contribution is 2.25. The van der Waals surface area contributed by atoms with Crippen molar-refractivity contribution >= 4 is 39.2 Å². The van der Waals surface area contributed by atoms with Crippen molar-refractivity contribution in [3.05, 3.63) is 80.4 Å². The Morgan fingerprint density at radius 3 is 2.57 bits per heavy atom. The fourth-order valence-electron chi connectivity index (χ4n) is 3.28. The number of carbonyl (C=O) groups is 1. The number of carboxylic acids is 1. The van der Waals surface area contributed by atoms with Gasteiger partial charge in [0.2, 0.25) is 0 Å². The molecule has 2 aromatic heterocycles. The number of aromatic carboxylic acids is 1. The minimum atomic E-state index is -1.20. The lowest BCUT2D eigenvalue weighted by atomic mass is 10.0. The van der Waals surface area contributed by atoms with Crippen LogP contribution in [0.25, 0.3) is 21.7 Å². The summed E-state index contributed by atoms with van der Waals surface area (Å²) in [7, 11) is 0. The Morgan fingerprint density at radius 1 is 1.14 bits per heavy atom. The van der Waals surface area contributed by atoms with E-state index in [4.69, 9.17) is 11.6 Å². The van der Waals surface area contributed by atoms with Crippen LogP contribution in [0.4, 0.5) is 0 Å². The topological polar surface area (TPSA) is 85.1 Å². The molecule has 0 spiro atoms. The van der Waals surface area contributed by atoms with Crippen LogP contribution in [0.5, 0.6) is 0 Å². The van der Waals surface area contributed by atoms with Gasteiger partial charge in [-0.3, -0.25) is 4.79 Å². The second kappa shape index (κ2) is 6.73. The fourth-order valence-corrected chi connectivity index (χ4v) is 3.48. The predicted octanol–water partition coefficient (Wildman–Crippen LogP) is 3.96. The van der Waals surface area contributed by atoms with Gasteiger partial charge in [0.15, 0.2) is 5.69 Å². The monoisotopic (exact) mass is 393 g/mol. The number of aryl methyl sites for hydroxylation is 2. The first-order valence-electron chi connectivity index (χ1n) is 8.65. The minimum Gasteiger partial charge on any atom is -0.476 e. The van der Waals surface area contributed by atoms with E-state index in [1.165, 1.54) is 0 Å². The van der Waals surface area contributed by atoms with Crippen molar-refractivity contribution in [1.29, 1.82) is 0 Å². The molecule has 0 aliphatic carbocycles. The second-order valence-electron chi connectivity index (χ2n) is 6.68. The molecule has 6 nitrogen and oxygen atoms in total. The van der Waals surface area contributed by atoms with Gasteiger partial charge >= 0.3 is 5.97 Å². The first kappa shape index (κ1) is 18.1. The third kappa shape index (κ3) is 2.92. The number of rotatable bonds is 3. The molecule has 2 aromatic carbocycles. The first-order valence-corrected chi connectivity index (χ1v) is 9.03. The SMILES string of the molecule is Cc1ccc2cc(Cn3nc(C(=O)O)c4ccccc4c3=O)c(Cl)nc2c1C. The molecule has 1 N–H and O–H groups in total. The molecule has 0 amide bonds. The molecule has 0 fully saturated rings. The summed E-state index contributed by atoms with van der Waals surface area (Å²) < 4.78 is 1.13. The lowest BCUT2D eigenvalue weighted by molar-refractivity contribution is 0.0690. The van der Waals surface area contributed by atoms with Crippen molar-refractivity contribution in [3.63, 3.8) is 0 Å². The predicted molar refractivity (Wildman–Crippen MR) is 108 cm³/mol. The zero-order valence-corrected chi connectivity index (χ0v) is 16.0. The van der Waals surface area contributed by atoms with Crippen LogP contribution < -0.4 is 5.56 Å². The molecular weight excluding hydrogens is 378 g/mol. The van der Waals surface area contributed by atoms with Gasteiger partial charge in [0.25, 0.3) is 5.56 Å². The molecular formula is C21H16ClN3O3. The van der Waals surface area contributed by atoms with Crippen molar-refractivity contribution in [2.75, 3.05) is 0 Å². The molecule has 7 heteroatoms.